The highest BCUT2D eigenvalue weighted by Gasteiger charge is 2.35. The van der Waals surface area contributed by atoms with Crippen LogP contribution in [-0.4, -0.2) is 42.6 Å². The summed E-state index contributed by atoms with van der Waals surface area (Å²) < 4.78 is 9.03. The first-order chi connectivity index (χ1) is 8.01. The number of aliphatic hydroxyl groups excluding tert-OH is 1. The number of carbonyl (C=O) groups is 1. The third kappa shape index (κ3) is 2.92. The van der Waals surface area contributed by atoms with Gasteiger partial charge in [0.05, 0.1) is 17.7 Å². The van der Waals surface area contributed by atoms with Crippen molar-refractivity contribution in [3.8, 4) is 0 Å². The van der Waals surface area contributed by atoms with Crippen molar-refractivity contribution in [1.82, 2.24) is 5.32 Å². The van der Waals surface area contributed by atoms with Crippen molar-refractivity contribution in [1.29, 1.82) is 0 Å². The van der Waals surface area contributed by atoms with Gasteiger partial charge in [0.15, 0.2) is 0 Å². The van der Waals surface area contributed by atoms with E-state index in [0.717, 1.165) is 7.11 Å². The maximum absolute atomic E-state index is 11.2. The molecule has 0 radical (unpaired) electrons. The normalized spacial score (nSPS) is 23.8. The van der Waals surface area contributed by atoms with E-state index in [9.17, 15) is 20.0 Å². The molecular weight excluding hydrogens is 232 g/mol. The number of nitro groups is 1. The molecule has 0 spiro atoms. The summed E-state index contributed by atoms with van der Waals surface area (Å²) in [5.41, 5.74) is -0.279. The number of nitrogens with zero attached hydrogens (tertiary/aromatic N) is 1. The summed E-state index contributed by atoms with van der Waals surface area (Å²) in [6.45, 7) is 0. The lowest BCUT2D eigenvalue weighted by Crippen LogP contribution is -2.33. The van der Waals surface area contributed by atoms with Gasteiger partial charge in [-0.1, -0.05) is 0 Å². The van der Waals surface area contributed by atoms with Crippen LogP contribution in [-0.2, 0) is 14.3 Å². The molecule has 0 aliphatic carbocycles. The molecule has 0 bridgehead atoms. The summed E-state index contributed by atoms with van der Waals surface area (Å²) in [4.78, 5) is 21.3. The van der Waals surface area contributed by atoms with Crippen molar-refractivity contribution >= 4 is 5.97 Å². The predicted octanol–water partition coefficient (Wildman–Crippen LogP) is -0.635. The number of nitrogens with one attached hydrogen (secondary N) is 1. The van der Waals surface area contributed by atoms with Crippen LogP contribution in [0.3, 0.4) is 0 Å². The van der Waals surface area contributed by atoms with E-state index in [0.29, 0.717) is 6.42 Å². The first-order valence-corrected chi connectivity index (χ1v) is 4.94. The van der Waals surface area contributed by atoms with E-state index >= 15 is 0 Å². The Morgan fingerprint density at radius 3 is 2.76 bits per heavy atom. The van der Waals surface area contributed by atoms with Crippen LogP contribution in [0.5, 0.6) is 0 Å². The molecule has 0 aromatic carbocycles. The summed E-state index contributed by atoms with van der Waals surface area (Å²) >= 11 is 0. The van der Waals surface area contributed by atoms with Crippen LogP contribution in [0.15, 0.2) is 11.4 Å². The second-order valence-electron chi connectivity index (χ2n) is 3.47. The summed E-state index contributed by atoms with van der Waals surface area (Å²) in [6.07, 6.45) is -0.948. The van der Waals surface area contributed by atoms with E-state index in [1.807, 2.05) is 0 Å². The van der Waals surface area contributed by atoms with Crippen molar-refractivity contribution in [2.24, 2.45) is 0 Å². The van der Waals surface area contributed by atoms with E-state index in [2.05, 4.69) is 14.8 Å². The Labute approximate surface area is 97.3 Å². The van der Waals surface area contributed by atoms with Crippen molar-refractivity contribution in [3.63, 3.8) is 0 Å². The first-order valence-electron chi connectivity index (χ1n) is 4.94. The van der Waals surface area contributed by atoms with Gasteiger partial charge < -0.3 is 19.9 Å². The number of carbonyl (C=O) groups excluding carboxylic acids is 1. The van der Waals surface area contributed by atoms with Gasteiger partial charge in [0, 0.05) is 7.11 Å². The van der Waals surface area contributed by atoms with Gasteiger partial charge in [-0.3, -0.25) is 10.1 Å². The van der Waals surface area contributed by atoms with Gasteiger partial charge in [-0.25, -0.2) is 4.79 Å². The lowest BCUT2D eigenvalue weighted by Gasteiger charge is -2.10. The van der Waals surface area contributed by atoms with E-state index in [-0.39, 0.29) is 12.1 Å². The standard InChI is InChI=1S/C9H14N2O6/c1-16-8(12)6-4-3-5(10-6)7(11(14)15)9(13)17-2/h6,9-10,13H,3-4H2,1-2H3/b7-5-/t6?,9-/m1/s1. The van der Waals surface area contributed by atoms with E-state index in [1.165, 1.54) is 7.11 Å². The SMILES string of the molecule is COC(=O)C1CC/C(=C(\[C@H](O)OC)[N+](=O)[O-])N1. The molecule has 2 N–H and O–H groups in total. The summed E-state index contributed by atoms with van der Waals surface area (Å²) in [6, 6.07) is -0.617. The average molecular weight is 246 g/mol. The van der Waals surface area contributed by atoms with Gasteiger partial charge in [-0.05, 0) is 12.8 Å². The van der Waals surface area contributed by atoms with Crippen LogP contribution in [0.4, 0.5) is 0 Å². The molecule has 1 saturated heterocycles. The molecule has 1 unspecified atom stereocenters. The number of ether oxygens (including phenoxy) is 2. The molecule has 8 nitrogen and oxygen atoms in total. The Hall–Kier alpha value is -1.67. The number of methoxy groups -OCH3 is 2. The van der Waals surface area contributed by atoms with Crippen LogP contribution in [0.1, 0.15) is 12.8 Å². The van der Waals surface area contributed by atoms with Gasteiger partial charge in [0.2, 0.25) is 6.29 Å². The van der Waals surface area contributed by atoms with Crippen LogP contribution < -0.4 is 5.32 Å². The van der Waals surface area contributed by atoms with Crippen LogP contribution in [0.25, 0.3) is 0 Å². The van der Waals surface area contributed by atoms with Gasteiger partial charge in [-0.2, -0.15) is 0 Å². The minimum Gasteiger partial charge on any atom is -0.467 e. The zero-order valence-electron chi connectivity index (χ0n) is 9.50. The molecule has 0 aromatic rings. The first kappa shape index (κ1) is 13.4. The number of rotatable bonds is 4. The maximum Gasteiger partial charge on any atom is 0.328 e. The highest BCUT2D eigenvalue weighted by molar-refractivity contribution is 5.76. The summed E-state index contributed by atoms with van der Waals surface area (Å²) in [5.74, 6) is -0.491. The van der Waals surface area contributed by atoms with Gasteiger partial charge in [0.1, 0.15) is 6.04 Å². The van der Waals surface area contributed by atoms with Crippen molar-refractivity contribution in [2.75, 3.05) is 14.2 Å². The molecule has 1 heterocycles. The number of hydrogen-bond donors (Lipinski definition) is 2. The molecule has 1 rings (SSSR count). The molecule has 2 atom stereocenters. The second kappa shape index (κ2) is 5.60. The monoisotopic (exact) mass is 246 g/mol. The number of aliphatic hydroxyl groups is 1. The van der Waals surface area contributed by atoms with Crippen LogP contribution in [0.2, 0.25) is 0 Å². The molecule has 0 amide bonds. The largest absolute Gasteiger partial charge is 0.467 e. The van der Waals surface area contributed by atoms with E-state index < -0.39 is 28.9 Å². The molecule has 17 heavy (non-hydrogen) atoms. The Morgan fingerprint density at radius 2 is 2.29 bits per heavy atom. The molecule has 1 aliphatic heterocycles. The predicted molar refractivity (Wildman–Crippen MR) is 55.2 cm³/mol. The lowest BCUT2D eigenvalue weighted by molar-refractivity contribution is -0.448. The number of allylic oxidation sites excluding steroid dienone is 1. The fourth-order valence-corrected chi connectivity index (χ4v) is 1.63. The second-order valence-corrected chi connectivity index (χ2v) is 3.47. The summed E-state index contributed by atoms with van der Waals surface area (Å²) in [7, 11) is 2.39. The van der Waals surface area contributed by atoms with Crippen LogP contribution in [0, 0.1) is 10.1 Å². The van der Waals surface area contributed by atoms with Gasteiger partial charge in [0.25, 0.3) is 0 Å². The Morgan fingerprint density at radius 1 is 1.65 bits per heavy atom. The van der Waals surface area contributed by atoms with E-state index in [1.54, 1.807) is 0 Å². The minimum atomic E-state index is -1.62. The highest BCUT2D eigenvalue weighted by Crippen LogP contribution is 2.22. The quantitative estimate of drug-likeness (QED) is 0.294. The average Bonchev–Trinajstić information content (AvgIpc) is 2.76. The fourth-order valence-electron chi connectivity index (χ4n) is 1.63. The van der Waals surface area contributed by atoms with Crippen molar-refractivity contribution in [2.45, 2.75) is 25.2 Å². The molecule has 0 aromatic heterocycles. The fraction of sp³-hybridized carbons (Fsp3) is 0.667. The third-order valence-corrected chi connectivity index (χ3v) is 2.48. The zero-order valence-corrected chi connectivity index (χ0v) is 9.50. The van der Waals surface area contributed by atoms with Crippen LogP contribution >= 0.6 is 0 Å². The van der Waals surface area contributed by atoms with Gasteiger partial charge >= 0.3 is 11.7 Å². The number of hydrogen-bond acceptors (Lipinski definition) is 7. The minimum absolute atomic E-state index is 0.194. The molecule has 0 saturated carbocycles. The maximum atomic E-state index is 11.2. The van der Waals surface area contributed by atoms with Gasteiger partial charge in [-0.15, -0.1) is 0 Å². The van der Waals surface area contributed by atoms with E-state index in [4.69, 9.17) is 0 Å². The molecule has 96 valence electrons. The third-order valence-electron chi connectivity index (χ3n) is 2.48. The molecule has 1 fully saturated rings. The topological polar surface area (TPSA) is 111 Å². The molecule has 8 heteroatoms. The lowest BCUT2D eigenvalue weighted by atomic mass is 10.2. The van der Waals surface area contributed by atoms with Crippen molar-refractivity contribution < 1.29 is 24.3 Å². The van der Waals surface area contributed by atoms with Crippen molar-refractivity contribution in [3.05, 3.63) is 21.5 Å². The Kier molecular flexibility index (Phi) is 4.41. The Bertz CT molecular complexity index is 353. The molecule has 1 aliphatic rings. The highest BCUT2D eigenvalue weighted by atomic mass is 16.6. The smallest absolute Gasteiger partial charge is 0.328 e. The molecular formula is C9H14N2O6. The number of esters is 1. The zero-order chi connectivity index (χ0) is 13.0. The summed E-state index contributed by atoms with van der Waals surface area (Å²) in [5, 5.41) is 22.8. The Balaban J connectivity index is 2.90.